The molecule has 3 heterocycles. The van der Waals surface area contributed by atoms with E-state index >= 15 is 0 Å². The predicted octanol–water partition coefficient (Wildman–Crippen LogP) is 2.05. The van der Waals surface area contributed by atoms with Crippen molar-refractivity contribution in [2.45, 2.75) is 49.8 Å². The number of carbonyl (C=O) groups is 3. The van der Waals surface area contributed by atoms with Gasteiger partial charge in [0, 0.05) is 25.2 Å². The van der Waals surface area contributed by atoms with Crippen molar-refractivity contribution in [2.24, 2.45) is 0 Å². The minimum atomic E-state index is -3.74. The van der Waals surface area contributed by atoms with Crippen LogP contribution in [0.15, 0.2) is 47.4 Å². The molecule has 2 aromatic carbocycles. The highest BCUT2D eigenvalue weighted by Crippen LogP contribution is 2.36. The van der Waals surface area contributed by atoms with E-state index in [2.05, 4.69) is 10.6 Å². The second-order valence-electron chi connectivity index (χ2n) is 10.3. The lowest BCUT2D eigenvalue weighted by molar-refractivity contribution is -0.133. The fourth-order valence-electron chi connectivity index (χ4n) is 5.04. The van der Waals surface area contributed by atoms with Crippen LogP contribution in [0.1, 0.15) is 32.8 Å². The topological polar surface area (TPSA) is 144 Å². The Labute approximate surface area is 232 Å². The number of ether oxygens (including phenoxy) is 3. The van der Waals surface area contributed by atoms with E-state index in [1.54, 1.807) is 25.1 Å². The summed E-state index contributed by atoms with van der Waals surface area (Å²) in [5.41, 5.74) is -0.573. The Morgan fingerprint density at radius 1 is 1.02 bits per heavy atom. The number of anilines is 1. The van der Waals surface area contributed by atoms with Crippen molar-refractivity contribution in [3.8, 4) is 11.5 Å². The molecule has 5 rings (SSSR count). The van der Waals surface area contributed by atoms with Crippen molar-refractivity contribution in [3.05, 3.63) is 48.0 Å². The van der Waals surface area contributed by atoms with Gasteiger partial charge < -0.3 is 24.8 Å². The summed E-state index contributed by atoms with van der Waals surface area (Å²) in [6.45, 7) is 6.19. The molecule has 40 heavy (non-hydrogen) atoms. The largest absolute Gasteiger partial charge is 0.490 e. The van der Waals surface area contributed by atoms with Gasteiger partial charge in [-0.3, -0.25) is 14.5 Å². The maximum Gasteiger partial charge on any atom is 0.325 e. The summed E-state index contributed by atoms with van der Waals surface area (Å²) in [7, 11) is -3.74. The molecule has 2 saturated heterocycles. The molecule has 2 aromatic rings. The van der Waals surface area contributed by atoms with Gasteiger partial charge in [0.1, 0.15) is 12.1 Å². The molecular formula is C27H32N4O8S. The molecular weight excluding hydrogens is 540 g/mol. The van der Waals surface area contributed by atoms with Crippen LogP contribution in [0.4, 0.5) is 10.5 Å². The van der Waals surface area contributed by atoms with Crippen LogP contribution in [-0.2, 0) is 29.9 Å². The average Bonchev–Trinajstić information content (AvgIpc) is 3.06. The predicted molar refractivity (Wildman–Crippen MR) is 143 cm³/mol. The molecule has 2 fully saturated rings. The minimum absolute atomic E-state index is 0.0896. The molecule has 0 aromatic heterocycles. The lowest BCUT2D eigenvalue weighted by atomic mass is 9.91. The summed E-state index contributed by atoms with van der Waals surface area (Å²) in [4.78, 5) is 39.8. The highest BCUT2D eigenvalue weighted by atomic mass is 32.2. The molecule has 0 spiro atoms. The summed E-state index contributed by atoms with van der Waals surface area (Å²) < 4.78 is 44.5. The summed E-state index contributed by atoms with van der Waals surface area (Å²) in [5.74, 6) is -0.154. The number of nitrogens with zero attached hydrogens (tertiary/aromatic N) is 2. The van der Waals surface area contributed by atoms with Gasteiger partial charge in [-0.2, -0.15) is 4.31 Å². The van der Waals surface area contributed by atoms with Gasteiger partial charge in [-0.05, 0) is 62.7 Å². The Kier molecular flexibility index (Phi) is 7.46. The van der Waals surface area contributed by atoms with E-state index in [0.717, 1.165) is 11.3 Å². The maximum atomic E-state index is 13.3. The Hall–Kier alpha value is -3.68. The van der Waals surface area contributed by atoms with E-state index in [4.69, 9.17) is 14.2 Å². The van der Waals surface area contributed by atoms with Gasteiger partial charge in [0.25, 0.3) is 5.91 Å². The average molecular weight is 573 g/mol. The number of fused-ring (bicyclic) bond motifs is 1. The van der Waals surface area contributed by atoms with Crippen LogP contribution in [0, 0.1) is 0 Å². The molecule has 4 amide bonds. The molecule has 12 nitrogen and oxygen atoms in total. The smallest absolute Gasteiger partial charge is 0.325 e. The summed E-state index contributed by atoms with van der Waals surface area (Å²) in [5, 5.41) is 5.30. The number of hydrogen-bond acceptors (Lipinski definition) is 8. The van der Waals surface area contributed by atoms with Crippen molar-refractivity contribution < 1.29 is 37.0 Å². The normalized spacial score (nSPS) is 25.3. The monoisotopic (exact) mass is 572 g/mol. The van der Waals surface area contributed by atoms with Crippen molar-refractivity contribution in [1.82, 2.24) is 14.5 Å². The Balaban J connectivity index is 1.24. The lowest BCUT2D eigenvalue weighted by Crippen LogP contribution is -2.48. The van der Waals surface area contributed by atoms with Gasteiger partial charge in [0.05, 0.1) is 30.3 Å². The third-order valence-electron chi connectivity index (χ3n) is 7.06. The molecule has 13 heteroatoms. The standard InChI is InChI=1S/C27H32N4O8S/c1-17-14-30(15-18(2)39-17)40(35,36)21-8-6-20(7-9-21)28-24(32)16-31-25(33)27(3,29-26(31)34)19-5-10-22-23(13-19)38-12-4-11-37-22/h5-10,13,17-18H,4,11-12,14-16H2,1-3H3,(H,28,32)(H,29,34)/t17-,18-,27-/m1/s1. The van der Waals surface area contributed by atoms with Crippen LogP contribution in [0.25, 0.3) is 0 Å². The molecule has 214 valence electrons. The molecule has 2 N–H and O–H groups in total. The number of morpholine rings is 1. The first-order chi connectivity index (χ1) is 19.0. The summed E-state index contributed by atoms with van der Waals surface area (Å²) in [6, 6.07) is 10.1. The van der Waals surface area contributed by atoms with Gasteiger partial charge in [-0.15, -0.1) is 0 Å². The maximum absolute atomic E-state index is 13.3. The summed E-state index contributed by atoms with van der Waals surface area (Å²) >= 11 is 0. The fourth-order valence-corrected chi connectivity index (χ4v) is 6.63. The molecule has 0 aliphatic carbocycles. The third kappa shape index (κ3) is 5.36. The number of urea groups is 1. The molecule has 0 saturated carbocycles. The van der Waals surface area contributed by atoms with E-state index in [0.29, 0.717) is 36.0 Å². The van der Waals surface area contributed by atoms with Gasteiger partial charge in [0.15, 0.2) is 11.5 Å². The van der Waals surface area contributed by atoms with Crippen molar-refractivity contribution in [2.75, 3.05) is 38.2 Å². The van der Waals surface area contributed by atoms with E-state index in [1.165, 1.54) is 28.6 Å². The molecule has 0 radical (unpaired) electrons. The quantitative estimate of drug-likeness (QED) is 0.501. The molecule has 3 atom stereocenters. The highest BCUT2D eigenvalue weighted by Gasteiger charge is 2.49. The Morgan fingerprint density at radius 3 is 2.35 bits per heavy atom. The number of rotatable bonds is 6. The first kappa shape index (κ1) is 27.9. The third-order valence-corrected chi connectivity index (χ3v) is 8.91. The number of amides is 4. The minimum Gasteiger partial charge on any atom is -0.490 e. The van der Waals surface area contributed by atoms with E-state index < -0.39 is 40.0 Å². The van der Waals surface area contributed by atoms with Crippen LogP contribution < -0.4 is 20.1 Å². The van der Waals surface area contributed by atoms with Crippen LogP contribution in [-0.4, -0.2) is 80.5 Å². The van der Waals surface area contributed by atoms with Gasteiger partial charge in [-0.1, -0.05) is 6.07 Å². The van der Waals surface area contributed by atoms with Crippen molar-refractivity contribution >= 4 is 33.6 Å². The SMILES string of the molecule is C[C@@H]1CN(S(=O)(=O)c2ccc(NC(=O)CN3C(=O)N[C@](C)(c4ccc5c(c4)OCCCO5)C3=O)cc2)C[C@@H](C)O1. The van der Waals surface area contributed by atoms with Crippen LogP contribution in [0.3, 0.4) is 0 Å². The van der Waals surface area contributed by atoms with Crippen LogP contribution in [0.5, 0.6) is 11.5 Å². The first-order valence-electron chi connectivity index (χ1n) is 13.1. The van der Waals surface area contributed by atoms with Gasteiger partial charge >= 0.3 is 6.03 Å². The zero-order valence-electron chi connectivity index (χ0n) is 22.5. The zero-order valence-corrected chi connectivity index (χ0v) is 23.3. The van der Waals surface area contributed by atoms with Crippen LogP contribution in [0.2, 0.25) is 0 Å². The number of hydrogen-bond donors (Lipinski definition) is 2. The lowest BCUT2D eigenvalue weighted by Gasteiger charge is -2.34. The Morgan fingerprint density at radius 2 is 1.68 bits per heavy atom. The second kappa shape index (κ2) is 10.7. The number of nitrogens with one attached hydrogen (secondary N) is 2. The van der Waals surface area contributed by atoms with Gasteiger partial charge in [-0.25, -0.2) is 13.2 Å². The molecule has 0 bridgehead atoms. The second-order valence-corrected chi connectivity index (χ2v) is 12.2. The Bertz CT molecular complexity index is 1420. The van der Waals surface area contributed by atoms with E-state index in [1.807, 2.05) is 13.8 Å². The van der Waals surface area contributed by atoms with Crippen LogP contribution >= 0.6 is 0 Å². The van der Waals surface area contributed by atoms with Crippen molar-refractivity contribution in [3.63, 3.8) is 0 Å². The van der Waals surface area contributed by atoms with E-state index in [9.17, 15) is 22.8 Å². The van der Waals surface area contributed by atoms with Crippen molar-refractivity contribution in [1.29, 1.82) is 0 Å². The van der Waals surface area contributed by atoms with E-state index in [-0.39, 0.29) is 30.2 Å². The number of sulfonamides is 1. The zero-order chi connectivity index (χ0) is 28.7. The number of carbonyl (C=O) groups excluding carboxylic acids is 3. The first-order valence-corrected chi connectivity index (χ1v) is 14.5. The number of imide groups is 1. The molecule has 0 unspecified atom stereocenters. The molecule has 3 aliphatic rings. The van der Waals surface area contributed by atoms with Gasteiger partial charge in [0.2, 0.25) is 15.9 Å². The summed E-state index contributed by atoms with van der Waals surface area (Å²) in [6.07, 6.45) is 0.289. The highest BCUT2D eigenvalue weighted by molar-refractivity contribution is 7.89. The fraction of sp³-hybridized carbons (Fsp3) is 0.444. The molecule has 3 aliphatic heterocycles. The number of benzene rings is 2.